The molecule has 4 aromatic heterocycles. The van der Waals surface area contributed by atoms with Crippen LogP contribution in [-0.2, 0) is 0 Å². The maximum Gasteiger partial charge on any atom is 0.181 e. The van der Waals surface area contributed by atoms with Crippen molar-refractivity contribution in [3.05, 3.63) is 83.4 Å². The minimum Gasteiger partial charge on any atom is -0.337 e. The van der Waals surface area contributed by atoms with E-state index in [9.17, 15) is 0 Å². The van der Waals surface area contributed by atoms with E-state index in [1.807, 2.05) is 6.20 Å². The molecule has 1 aromatic carbocycles. The Balaban J connectivity index is 1.41. The third-order valence-corrected chi connectivity index (χ3v) is 8.07. The highest BCUT2D eigenvalue weighted by Crippen LogP contribution is 2.34. The third-order valence-electron chi connectivity index (χ3n) is 7.17. The summed E-state index contributed by atoms with van der Waals surface area (Å²) in [5.74, 6) is 0.759. The molecule has 1 aliphatic heterocycles. The summed E-state index contributed by atoms with van der Waals surface area (Å²) < 4.78 is 0. The monoisotopic (exact) mass is 520 g/mol. The summed E-state index contributed by atoms with van der Waals surface area (Å²) in [5, 5.41) is 10.7. The third kappa shape index (κ3) is 4.87. The summed E-state index contributed by atoms with van der Waals surface area (Å²) in [5.41, 5.74) is 9.21. The number of fused-ring (bicyclic) bond motifs is 2. The van der Waals surface area contributed by atoms with Crippen LogP contribution in [0.1, 0.15) is 38.7 Å². The summed E-state index contributed by atoms with van der Waals surface area (Å²) in [6, 6.07) is 12.6. The molecular formula is C31H32N6S. The number of nitrogens with zero attached hydrogens (tertiary/aromatic N) is 4. The highest BCUT2D eigenvalue weighted by Gasteiger charge is 2.17. The molecule has 6 nitrogen and oxygen atoms in total. The van der Waals surface area contributed by atoms with Crippen molar-refractivity contribution in [3.63, 3.8) is 0 Å². The quantitative estimate of drug-likeness (QED) is 0.206. The zero-order chi connectivity index (χ0) is 26.1. The molecule has 38 heavy (non-hydrogen) atoms. The zero-order valence-corrected chi connectivity index (χ0v) is 22.7. The van der Waals surface area contributed by atoms with Gasteiger partial charge in [-0.2, -0.15) is 5.10 Å². The number of imidazole rings is 1. The van der Waals surface area contributed by atoms with E-state index in [1.54, 1.807) is 11.3 Å². The van der Waals surface area contributed by atoms with E-state index >= 15 is 0 Å². The standard InChI is InChI=1S/C31H32N6S/c1-4-20(2)15-22(16-21(3)19-37-12-5-6-13-37)23-17-25-29(35-36-30(25)32-18-23)31-33-26-10-7-9-24(28(26)34-31)27-11-8-14-38-27/h7-11,14-18H,2,4-6,12-13,19H2,1,3H3,(H,33,34)(H,32,35,36). The number of pyridine rings is 1. The SMILES string of the molecule is C=C(C=C(C=C(C)CN1CCCC1)c1cnc2n[nH]c(-c3nc4c(-c5cccs5)cccc4[nH]3)c2c1)CC. The van der Waals surface area contributed by atoms with E-state index in [0.29, 0.717) is 5.65 Å². The number of nitrogens with one attached hydrogen (secondary N) is 2. The maximum absolute atomic E-state index is 5.01. The van der Waals surface area contributed by atoms with Crippen molar-refractivity contribution in [1.82, 2.24) is 30.0 Å². The molecule has 2 N–H and O–H groups in total. The van der Waals surface area contributed by atoms with Crippen LogP contribution in [0.15, 0.2) is 77.9 Å². The highest BCUT2D eigenvalue weighted by molar-refractivity contribution is 7.13. The van der Waals surface area contributed by atoms with Crippen molar-refractivity contribution in [2.75, 3.05) is 19.6 Å². The molecule has 5 aromatic rings. The van der Waals surface area contributed by atoms with Crippen molar-refractivity contribution in [3.8, 4) is 22.0 Å². The van der Waals surface area contributed by atoms with E-state index in [1.165, 1.54) is 36.4 Å². The van der Waals surface area contributed by atoms with E-state index in [-0.39, 0.29) is 0 Å². The van der Waals surface area contributed by atoms with Gasteiger partial charge in [0.05, 0.1) is 16.4 Å². The predicted octanol–water partition coefficient (Wildman–Crippen LogP) is 7.62. The topological polar surface area (TPSA) is 73.5 Å². The van der Waals surface area contributed by atoms with Crippen LogP contribution < -0.4 is 0 Å². The Bertz CT molecular complexity index is 1660. The minimum atomic E-state index is 0.675. The summed E-state index contributed by atoms with van der Waals surface area (Å²) in [4.78, 5) is 17.0. The van der Waals surface area contributed by atoms with Crippen LogP contribution in [0.2, 0.25) is 0 Å². The van der Waals surface area contributed by atoms with Crippen LogP contribution in [-0.4, -0.2) is 49.7 Å². The Kier molecular flexibility index (Phi) is 6.79. The minimum absolute atomic E-state index is 0.675. The average Bonchev–Trinajstić information content (AvgIpc) is 3.73. The van der Waals surface area contributed by atoms with Gasteiger partial charge in [-0.15, -0.1) is 11.3 Å². The Hall–Kier alpha value is -3.81. The summed E-state index contributed by atoms with van der Waals surface area (Å²) in [6.07, 6.45) is 9.88. The molecule has 1 aliphatic rings. The molecule has 0 aliphatic carbocycles. The van der Waals surface area contributed by atoms with E-state index in [0.717, 1.165) is 63.2 Å². The van der Waals surface area contributed by atoms with Gasteiger partial charge in [-0.1, -0.05) is 55.0 Å². The number of hydrogen-bond donors (Lipinski definition) is 2. The van der Waals surface area contributed by atoms with Crippen molar-refractivity contribution < 1.29 is 0 Å². The molecule has 5 heterocycles. The lowest BCUT2D eigenvalue weighted by molar-refractivity contribution is 0.368. The van der Waals surface area contributed by atoms with Crippen LogP contribution in [0.5, 0.6) is 0 Å². The summed E-state index contributed by atoms with van der Waals surface area (Å²) >= 11 is 1.72. The molecule has 0 unspecified atom stereocenters. The Morgan fingerprint density at radius 2 is 2.03 bits per heavy atom. The number of para-hydroxylation sites is 1. The lowest BCUT2D eigenvalue weighted by Gasteiger charge is -2.15. The number of rotatable bonds is 8. The fourth-order valence-electron chi connectivity index (χ4n) is 5.15. The van der Waals surface area contributed by atoms with Gasteiger partial charge in [0.2, 0.25) is 0 Å². The fraction of sp³-hybridized carbons (Fsp3) is 0.258. The van der Waals surface area contributed by atoms with Gasteiger partial charge in [-0.3, -0.25) is 10.00 Å². The molecule has 7 heteroatoms. The molecule has 192 valence electrons. The van der Waals surface area contributed by atoms with Gasteiger partial charge in [0.1, 0.15) is 5.69 Å². The van der Waals surface area contributed by atoms with Crippen LogP contribution in [0.25, 0.3) is 49.6 Å². The fourth-order valence-corrected chi connectivity index (χ4v) is 5.91. The Morgan fingerprint density at radius 1 is 1.16 bits per heavy atom. The second-order valence-corrected chi connectivity index (χ2v) is 11.0. The molecule has 1 fully saturated rings. The second-order valence-electron chi connectivity index (χ2n) is 10.0. The first-order valence-electron chi connectivity index (χ1n) is 13.3. The number of benzene rings is 1. The van der Waals surface area contributed by atoms with Gasteiger partial charge in [-0.05, 0) is 68.4 Å². The highest BCUT2D eigenvalue weighted by atomic mass is 32.1. The van der Waals surface area contributed by atoms with Crippen molar-refractivity contribution in [1.29, 1.82) is 0 Å². The number of thiophene rings is 1. The average molecular weight is 521 g/mol. The van der Waals surface area contributed by atoms with Crippen LogP contribution >= 0.6 is 11.3 Å². The largest absolute Gasteiger partial charge is 0.337 e. The molecular weight excluding hydrogens is 488 g/mol. The predicted molar refractivity (Wildman–Crippen MR) is 159 cm³/mol. The normalized spacial score (nSPS) is 15.2. The Morgan fingerprint density at radius 3 is 2.82 bits per heavy atom. The molecule has 0 amide bonds. The molecule has 0 radical (unpaired) electrons. The number of aromatic nitrogens is 5. The molecule has 0 atom stereocenters. The number of likely N-dealkylation sites (tertiary alicyclic amines) is 1. The first-order chi connectivity index (χ1) is 18.6. The van der Waals surface area contributed by atoms with Crippen LogP contribution in [0.3, 0.4) is 0 Å². The van der Waals surface area contributed by atoms with Gasteiger partial charge in [0.25, 0.3) is 0 Å². The van der Waals surface area contributed by atoms with E-state index in [2.05, 4.69) is 94.4 Å². The lowest BCUT2D eigenvalue weighted by atomic mass is 10.0. The van der Waals surface area contributed by atoms with Gasteiger partial charge in [0, 0.05) is 28.7 Å². The number of aromatic amines is 2. The van der Waals surface area contributed by atoms with Crippen LogP contribution in [0, 0.1) is 0 Å². The summed E-state index contributed by atoms with van der Waals surface area (Å²) in [7, 11) is 0. The first-order valence-corrected chi connectivity index (χ1v) is 14.1. The number of H-pyrrole nitrogens is 2. The van der Waals surface area contributed by atoms with Crippen LogP contribution in [0.4, 0.5) is 0 Å². The van der Waals surface area contributed by atoms with Gasteiger partial charge < -0.3 is 4.98 Å². The molecule has 6 rings (SSSR count). The van der Waals surface area contributed by atoms with Crippen molar-refractivity contribution in [2.45, 2.75) is 33.1 Å². The summed E-state index contributed by atoms with van der Waals surface area (Å²) in [6.45, 7) is 12.0. The molecule has 0 bridgehead atoms. The van der Waals surface area contributed by atoms with E-state index in [4.69, 9.17) is 9.97 Å². The van der Waals surface area contributed by atoms with Gasteiger partial charge in [0.15, 0.2) is 11.5 Å². The molecule has 1 saturated heterocycles. The van der Waals surface area contributed by atoms with Crippen molar-refractivity contribution >= 4 is 39.0 Å². The maximum atomic E-state index is 5.01. The molecule has 0 spiro atoms. The Labute approximate surface area is 226 Å². The van der Waals surface area contributed by atoms with E-state index < -0.39 is 0 Å². The first kappa shape index (κ1) is 24.5. The van der Waals surface area contributed by atoms with Gasteiger partial charge in [-0.25, -0.2) is 9.97 Å². The molecule has 0 saturated carbocycles. The number of hydrogen-bond acceptors (Lipinski definition) is 5. The van der Waals surface area contributed by atoms with Gasteiger partial charge >= 0.3 is 0 Å². The van der Waals surface area contributed by atoms with Crippen molar-refractivity contribution in [2.24, 2.45) is 0 Å². The smallest absolute Gasteiger partial charge is 0.181 e. The lowest BCUT2D eigenvalue weighted by Crippen LogP contribution is -2.21. The zero-order valence-electron chi connectivity index (χ0n) is 21.9. The number of allylic oxidation sites excluding steroid dienone is 4. The second kappa shape index (κ2) is 10.5.